The number of allylic oxidation sites excluding steroid dienone is 1. The molecule has 0 aromatic rings. The summed E-state index contributed by atoms with van der Waals surface area (Å²) in [5.41, 5.74) is 0.261. The van der Waals surface area contributed by atoms with Crippen molar-refractivity contribution in [2.24, 2.45) is 11.3 Å². The summed E-state index contributed by atoms with van der Waals surface area (Å²) in [5.74, 6) is 0.396. The van der Waals surface area contributed by atoms with Crippen molar-refractivity contribution in [1.82, 2.24) is 0 Å². The maximum Gasteiger partial charge on any atom is 0.0870 e. The van der Waals surface area contributed by atoms with E-state index in [2.05, 4.69) is 26.8 Å². The molecule has 0 amide bonds. The molecule has 70 valence electrons. The van der Waals surface area contributed by atoms with Crippen LogP contribution in [0, 0.1) is 11.3 Å². The average Bonchev–Trinajstić information content (AvgIpc) is 1.96. The van der Waals surface area contributed by atoms with Gasteiger partial charge in [0.05, 0.1) is 6.10 Å². The molecule has 0 unspecified atom stereocenters. The summed E-state index contributed by atoms with van der Waals surface area (Å²) in [6, 6.07) is 0. The van der Waals surface area contributed by atoms with E-state index in [4.69, 9.17) is 0 Å². The Hall–Kier alpha value is 0.0500. The lowest BCUT2D eigenvalue weighted by Gasteiger charge is -2.35. The molecule has 2 heteroatoms. The predicted molar refractivity (Wildman–Crippen MR) is 55.2 cm³/mol. The van der Waals surface area contributed by atoms with Crippen LogP contribution in [0.15, 0.2) is 11.0 Å². The lowest BCUT2D eigenvalue weighted by atomic mass is 9.76. The fourth-order valence-corrected chi connectivity index (χ4v) is 2.84. The van der Waals surface area contributed by atoms with Crippen molar-refractivity contribution in [3.63, 3.8) is 0 Å². The Morgan fingerprint density at radius 1 is 1.58 bits per heavy atom. The van der Waals surface area contributed by atoms with Gasteiger partial charge in [-0.3, -0.25) is 0 Å². The molecular weight excluding hydrogens is 168 g/mol. The van der Waals surface area contributed by atoms with Gasteiger partial charge in [0.2, 0.25) is 0 Å². The molecule has 0 saturated heterocycles. The van der Waals surface area contributed by atoms with E-state index >= 15 is 0 Å². The molecule has 1 aliphatic rings. The van der Waals surface area contributed by atoms with Crippen molar-refractivity contribution in [1.29, 1.82) is 0 Å². The minimum absolute atomic E-state index is 0.229. The van der Waals surface area contributed by atoms with E-state index in [9.17, 15) is 5.11 Å². The van der Waals surface area contributed by atoms with Gasteiger partial charge in [0.15, 0.2) is 0 Å². The molecule has 0 fully saturated rings. The van der Waals surface area contributed by atoms with Crippen LogP contribution in [0.2, 0.25) is 0 Å². The monoisotopic (exact) mass is 186 g/mol. The zero-order chi connectivity index (χ0) is 9.35. The molecule has 0 spiro atoms. The highest BCUT2D eigenvalue weighted by Gasteiger charge is 2.31. The second-order valence-corrected chi connectivity index (χ2v) is 5.25. The van der Waals surface area contributed by atoms with Gasteiger partial charge < -0.3 is 5.11 Å². The van der Waals surface area contributed by atoms with Gasteiger partial charge in [-0.25, -0.2) is 0 Å². The normalized spacial score (nSPS) is 34.6. The Bertz CT molecular complexity index is 196. The number of hydrogen-bond acceptors (Lipinski definition) is 2. The van der Waals surface area contributed by atoms with Gasteiger partial charge in [0.25, 0.3) is 0 Å². The largest absolute Gasteiger partial charge is 0.388 e. The standard InChI is InChI=1S/C10H18OS/c1-7-5-10(2,3)6-8(12-4)9(7)11/h6-7,9,11H,5H2,1-4H3/t7-,9+/m0/s1. The number of hydrogen-bond donors (Lipinski definition) is 1. The van der Waals surface area contributed by atoms with Crippen molar-refractivity contribution in [2.45, 2.75) is 33.3 Å². The van der Waals surface area contributed by atoms with Gasteiger partial charge in [0.1, 0.15) is 0 Å². The maximum absolute atomic E-state index is 9.78. The highest BCUT2D eigenvalue weighted by atomic mass is 32.2. The summed E-state index contributed by atoms with van der Waals surface area (Å²) in [4.78, 5) is 1.14. The minimum Gasteiger partial charge on any atom is -0.388 e. The molecule has 0 aliphatic heterocycles. The summed E-state index contributed by atoms with van der Waals surface area (Å²) in [6.45, 7) is 6.58. The number of thioether (sulfide) groups is 1. The highest BCUT2D eigenvalue weighted by Crippen LogP contribution is 2.40. The van der Waals surface area contributed by atoms with E-state index in [0.29, 0.717) is 5.92 Å². The third-order valence-electron chi connectivity index (χ3n) is 2.45. The van der Waals surface area contributed by atoms with E-state index in [-0.39, 0.29) is 11.5 Å². The Balaban J connectivity index is 2.88. The van der Waals surface area contributed by atoms with Gasteiger partial charge in [-0.2, -0.15) is 0 Å². The Morgan fingerprint density at radius 3 is 2.67 bits per heavy atom. The average molecular weight is 186 g/mol. The minimum atomic E-state index is -0.229. The van der Waals surface area contributed by atoms with Crippen LogP contribution >= 0.6 is 11.8 Å². The second-order valence-electron chi connectivity index (χ2n) is 4.37. The quantitative estimate of drug-likeness (QED) is 0.679. The molecule has 0 aromatic heterocycles. The topological polar surface area (TPSA) is 20.2 Å². The summed E-state index contributed by atoms with van der Waals surface area (Å²) in [6.07, 6.45) is 5.09. The molecule has 1 aliphatic carbocycles. The van der Waals surface area contributed by atoms with Crippen molar-refractivity contribution < 1.29 is 5.11 Å². The SMILES string of the molecule is CSC1=CC(C)(C)C[C@H](C)[C@H]1O. The molecule has 0 radical (unpaired) electrons. The lowest BCUT2D eigenvalue weighted by Crippen LogP contribution is -2.30. The Morgan fingerprint density at radius 2 is 2.17 bits per heavy atom. The molecule has 12 heavy (non-hydrogen) atoms. The number of rotatable bonds is 1. The predicted octanol–water partition coefficient (Wildman–Crippen LogP) is 2.66. The zero-order valence-corrected chi connectivity index (χ0v) is 9.11. The first-order valence-electron chi connectivity index (χ1n) is 4.41. The third-order valence-corrected chi connectivity index (χ3v) is 3.28. The molecule has 0 saturated carbocycles. The first-order chi connectivity index (χ1) is 5.46. The van der Waals surface area contributed by atoms with Crippen molar-refractivity contribution in [3.8, 4) is 0 Å². The van der Waals surface area contributed by atoms with E-state index in [0.717, 1.165) is 11.3 Å². The molecule has 0 bridgehead atoms. The van der Waals surface area contributed by atoms with Gasteiger partial charge in [-0.15, -0.1) is 11.8 Å². The highest BCUT2D eigenvalue weighted by molar-refractivity contribution is 8.02. The molecule has 2 atom stereocenters. The van der Waals surface area contributed by atoms with Crippen molar-refractivity contribution in [2.75, 3.05) is 6.26 Å². The molecule has 1 N–H and O–H groups in total. The van der Waals surface area contributed by atoms with Gasteiger partial charge in [-0.05, 0) is 24.0 Å². The van der Waals surface area contributed by atoms with Gasteiger partial charge in [-0.1, -0.05) is 26.8 Å². The van der Waals surface area contributed by atoms with Gasteiger partial charge >= 0.3 is 0 Å². The van der Waals surface area contributed by atoms with Crippen LogP contribution in [0.3, 0.4) is 0 Å². The van der Waals surface area contributed by atoms with E-state index < -0.39 is 0 Å². The lowest BCUT2D eigenvalue weighted by molar-refractivity contribution is 0.119. The fourth-order valence-electron chi connectivity index (χ4n) is 1.93. The van der Waals surface area contributed by atoms with E-state index in [1.165, 1.54) is 0 Å². The summed E-state index contributed by atoms with van der Waals surface area (Å²) < 4.78 is 0. The molecule has 1 nitrogen and oxygen atoms in total. The summed E-state index contributed by atoms with van der Waals surface area (Å²) in [7, 11) is 0. The molecule has 1 rings (SSSR count). The molecule has 0 heterocycles. The van der Waals surface area contributed by atoms with Crippen molar-refractivity contribution >= 4 is 11.8 Å². The number of aliphatic hydroxyl groups excluding tert-OH is 1. The Labute approximate surface area is 79.2 Å². The number of aliphatic hydroxyl groups is 1. The second kappa shape index (κ2) is 3.43. The van der Waals surface area contributed by atoms with Crippen molar-refractivity contribution in [3.05, 3.63) is 11.0 Å². The Kier molecular flexibility index (Phi) is 2.89. The van der Waals surface area contributed by atoms with Crippen LogP contribution in [0.4, 0.5) is 0 Å². The smallest absolute Gasteiger partial charge is 0.0870 e. The van der Waals surface area contributed by atoms with Crippen LogP contribution in [0.1, 0.15) is 27.2 Å². The van der Waals surface area contributed by atoms with Crippen LogP contribution in [-0.2, 0) is 0 Å². The first kappa shape index (κ1) is 10.1. The maximum atomic E-state index is 9.78. The van der Waals surface area contributed by atoms with Crippen LogP contribution < -0.4 is 0 Å². The van der Waals surface area contributed by atoms with Crippen LogP contribution in [0.5, 0.6) is 0 Å². The zero-order valence-electron chi connectivity index (χ0n) is 8.29. The third kappa shape index (κ3) is 2.05. The van der Waals surface area contributed by atoms with Crippen LogP contribution in [0.25, 0.3) is 0 Å². The van der Waals surface area contributed by atoms with Crippen LogP contribution in [-0.4, -0.2) is 17.5 Å². The summed E-state index contributed by atoms with van der Waals surface area (Å²) in [5, 5.41) is 9.78. The fraction of sp³-hybridized carbons (Fsp3) is 0.800. The van der Waals surface area contributed by atoms with E-state index in [1.807, 2.05) is 6.26 Å². The van der Waals surface area contributed by atoms with Gasteiger partial charge in [0, 0.05) is 4.91 Å². The summed E-state index contributed by atoms with van der Waals surface area (Å²) >= 11 is 1.67. The molecular formula is C10H18OS. The molecule has 0 aromatic carbocycles. The van der Waals surface area contributed by atoms with E-state index in [1.54, 1.807) is 11.8 Å². The first-order valence-corrected chi connectivity index (χ1v) is 5.63.